The highest BCUT2D eigenvalue weighted by molar-refractivity contribution is 7.90. The van der Waals surface area contributed by atoms with E-state index in [-0.39, 0.29) is 41.6 Å². The van der Waals surface area contributed by atoms with Gasteiger partial charge in [0.15, 0.2) is 15.0 Å². The Balaban J connectivity index is 0.00000420. The van der Waals surface area contributed by atoms with Crippen LogP contribution < -0.4 is 4.90 Å². The first-order valence-corrected chi connectivity index (χ1v) is 13.9. The van der Waals surface area contributed by atoms with E-state index in [1.54, 1.807) is 0 Å². The largest absolute Gasteiger partial charge is 0.416 e. The van der Waals surface area contributed by atoms with Gasteiger partial charge in [0.2, 0.25) is 0 Å². The Labute approximate surface area is 229 Å². The summed E-state index contributed by atoms with van der Waals surface area (Å²) < 4.78 is 110. The molecule has 7 nitrogen and oxygen atoms in total. The minimum absolute atomic E-state index is 0. The zero-order chi connectivity index (χ0) is 27.9. The molecule has 0 radical (unpaired) electrons. The van der Waals surface area contributed by atoms with Crippen molar-refractivity contribution in [1.29, 1.82) is 0 Å². The summed E-state index contributed by atoms with van der Waals surface area (Å²) in [7, 11) is -3.56. The maximum absolute atomic E-state index is 13.5. The molecule has 1 aliphatic heterocycles. The van der Waals surface area contributed by atoms with E-state index in [1.807, 2.05) is 4.90 Å². The lowest BCUT2D eigenvalue weighted by atomic mass is 10.0. The molecule has 39 heavy (non-hydrogen) atoms. The number of thiazole rings is 1. The van der Waals surface area contributed by atoms with E-state index >= 15 is 0 Å². The number of morpholine rings is 1. The number of fused-ring (bicyclic) bond motifs is 1. The van der Waals surface area contributed by atoms with E-state index in [2.05, 4.69) is 4.98 Å². The minimum Gasteiger partial charge on any atom is -0.379 e. The molecule has 1 amide bonds. The lowest BCUT2D eigenvalue weighted by Crippen LogP contribution is -2.43. The summed E-state index contributed by atoms with van der Waals surface area (Å²) in [5.74, 6) is -1.10. The molecule has 0 aliphatic carbocycles. The number of hydrogen-bond acceptors (Lipinski definition) is 7. The summed E-state index contributed by atoms with van der Waals surface area (Å²) >= 11 is 0.907. The number of carbonyl (C=O) groups is 1. The monoisotopic (exact) mass is 617 g/mol. The van der Waals surface area contributed by atoms with Gasteiger partial charge in [-0.2, -0.15) is 26.3 Å². The number of alkyl halides is 6. The molecule has 0 saturated carbocycles. The molecule has 1 aromatic heterocycles. The van der Waals surface area contributed by atoms with Gasteiger partial charge in [0, 0.05) is 38.0 Å². The zero-order valence-electron chi connectivity index (χ0n) is 20.2. The Morgan fingerprint density at radius 1 is 1.03 bits per heavy atom. The number of sulfone groups is 1. The Morgan fingerprint density at radius 3 is 2.15 bits per heavy atom. The molecular weight excluding hydrogens is 596 g/mol. The molecule has 0 N–H and O–H groups in total. The predicted octanol–water partition coefficient (Wildman–Crippen LogP) is 5.14. The number of aromatic nitrogens is 1. The third-order valence-corrected chi connectivity index (χ3v) is 7.98. The van der Waals surface area contributed by atoms with E-state index in [4.69, 9.17) is 4.74 Å². The molecule has 16 heteroatoms. The molecule has 0 unspecified atom stereocenters. The summed E-state index contributed by atoms with van der Waals surface area (Å²) in [4.78, 5) is 20.8. The van der Waals surface area contributed by atoms with Crippen LogP contribution in [0.4, 0.5) is 31.5 Å². The third kappa shape index (κ3) is 7.39. The highest BCUT2D eigenvalue weighted by atomic mass is 35.5. The van der Waals surface area contributed by atoms with Gasteiger partial charge in [0.1, 0.15) is 0 Å². The van der Waals surface area contributed by atoms with Crippen molar-refractivity contribution in [3.63, 3.8) is 0 Å². The van der Waals surface area contributed by atoms with Crippen LogP contribution in [-0.2, 0) is 26.9 Å². The summed E-state index contributed by atoms with van der Waals surface area (Å²) in [5.41, 5.74) is -3.69. The second-order valence-electron chi connectivity index (χ2n) is 8.60. The molecule has 1 saturated heterocycles. The van der Waals surface area contributed by atoms with Gasteiger partial charge in [0.05, 0.1) is 39.5 Å². The third-order valence-electron chi connectivity index (χ3n) is 5.83. The van der Waals surface area contributed by atoms with E-state index in [0.717, 1.165) is 22.5 Å². The lowest BCUT2D eigenvalue weighted by molar-refractivity contribution is -0.143. The standard InChI is InChI=1S/C23H21F6N3O4S2.ClH/c1-38(34,35)17-2-3-18-19(13-17)37-21(30-18)32(5-4-31-6-8-36-9-7-31)20(33)14-10-15(22(24,25)26)12-16(11-14)23(27,28)29;/h2-3,10-13H,4-9H2,1H3;1H. The molecule has 2 aromatic carbocycles. The normalized spacial score (nSPS) is 15.3. The van der Waals surface area contributed by atoms with Gasteiger partial charge in [-0.25, -0.2) is 13.4 Å². The number of amides is 1. The van der Waals surface area contributed by atoms with Gasteiger partial charge in [-0.15, -0.1) is 12.4 Å². The number of carbonyl (C=O) groups excluding carboxylic acids is 1. The quantitative estimate of drug-likeness (QED) is 0.357. The second kappa shape index (κ2) is 11.6. The van der Waals surface area contributed by atoms with Crippen LogP contribution >= 0.6 is 23.7 Å². The van der Waals surface area contributed by atoms with Crippen LogP contribution in [0.1, 0.15) is 21.5 Å². The number of nitrogens with zero attached hydrogens (tertiary/aromatic N) is 3. The number of hydrogen-bond donors (Lipinski definition) is 0. The van der Waals surface area contributed by atoms with Crippen molar-refractivity contribution in [1.82, 2.24) is 9.88 Å². The molecule has 0 atom stereocenters. The fraction of sp³-hybridized carbons (Fsp3) is 0.391. The topological polar surface area (TPSA) is 79.8 Å². The number of ether oxygens (including phenoxy) is 1. The van der Waals surface area contributed by atoms with Gasteiger partial charge < -0.3 is 4.74 Å². The van der Waals surface area contributed by atoms with Crippen molar-refractivity contribution >= 4 is 54.8 Å². The molecule has 3 aromatic rings. The molecule has 214 valence electrons. The van der Waals surface area contributed by atoms with Gasteiger partial charge in [0.25, 0.3) is 5.91 Å². The van der Waals surface area contributed by atoms with Crippen molar-refractivity contribution in [3.05, 3.63) is 53.1 Å². The summed E-state index contributed by atoms with van der Waals surface area (Å²) in [6, 6.07) is 4.82. The van der Waals surface area contributed by atoms with Crippen molar-refractivity contribution in [2.45, 2.75) is 17.2 Å². The van der Waals surface area contributed by atoms with Crippen LogP contribution in [0.5, 0.6) is 0 Å². The summed E-state index contributed by atoms with van der Waals surface area (Å²) in [6.45, 7) is 2.10. The predicted molar refractivity (Wildman–Crippen MR) is 135 cm³/mol. The van der Waals surface area contributed by atoms with Gasteiger partial charge >= 0.3 is 12.4 Å². The number of halogens is 7. The van der Waals surface area contributed by atoms with Crippen LogP contribution in [0.2, 0.25) is 0 Å². The first-order chi connectivity index (χ1) is 17.6. The molecule has 0 bridgehead atoms. The van der Waals surface area contributed by atoms with Crippen molar-refractivity contribution in [2.75, 3.05) is 50.5 Å². The first kappa shape index (κ1) is 31.1. The van der Waals surface area contributed by atoms with Crippen LogP contribution in [0, 0.1) is 0 Å². The van der Waals surface area contributed by atoms with Crippen LogP contribution in [-0.4, -0.2) is 69.9 Å². The van der Waals surface area contributed by atoms with E-state index in [9.17, 15) is 39.6 Å². The summed E-state index contributed by atoms with van der Waals surface area (Å²) in [5, 5.41) is 0.00915. The van der Waals surface area contributed by atoms with Gasteiger partial charge in [-0.3, -0.25) is 14.6 Å². The van der Waals surface area contributed by atoms with Gasteiger partial charge in [-0.1, -0.05) is 11.3 Å². The molecule has 2 heterocycles. The highest BCUT2D eigenvalue weighted by Crippen LogP contribution is 2.37. The van der Waals surface area contributed by atoms with Gasteiger partial charge in [-0.05, 0) is 36.4 Å². The maximum atomic E-state index is 13.5. The van der Waals surface area contributed by atoms with E-state index in [1.165, 1.54) is 18.2 Å². The smallest absolute Gasteiger partial charge is 0.379 e. The highest BCUT2D eigenvalue weighted by Gasteiger charge is 2.38. The minimum atomic E-state index is -5.12. The summed E-state index contributed by atoms with van der Waals surface area (Å²) in [6.07, 6.45) is -9.22. The molecule has 1 fully saturated rings. The Hall–Kier alpha value is -2.46. The molecule has 4 rings (SSSR count). The van der Waals surface area contributed by atoms with Crippen molar-refractivity contribution in [2.24, 2.45) is 0 Å². The number of rotatable bonds is 6. The van der Waals surface area contributed by atoms with E-state index < -0.39 is 44.8 Å². The molecule has 1 aliphatic rings. The average Bonchev–Trinajstić information content (AvgIpc) is 3.26. The van der Waals surface area contributed by atoms with Crippen LogP contribution in [0.15, 0.2) is 41.3 Å². The fourth-order valence-corrected chi connectivity index (χ4v) is 5.57. The first-order valence-electron chi connectivity index (χ1n) is 11.1. The SMILES string of the molecule is CS(=O)(=O)c1ccc2nc(N(CCN3CCOCC3)C(=O)c3cc(C(F)(F)F)cc(C(F)(F)F)c3)sc2c1.Cl. The second-order valence-corrected chi connectivity index (χ2v) is 11.6. The van der Waals surface area contributed by atoms with Crippen molar-refractivity contribution in [3.8, 4) is 0 Å². The zero-order valence-corrected chi connectivity index (χ0v) is 22.6. The van der Waals surface area contributed by atoms with Crippen LogP contribution in [0.3, 0.4) is 0 Å². The van der Waals surface area contributed by atoms with E-state index in [0.29, 0.717) is 48.7 Å². The van der Waals surface area contributed by atoms with Crippen LogP contribution in [0.25, 0.3) is 10.2 Å². The maximum Gasteiger partial charge on any atom is 0.416 e. The number of benzene rings is 2. The molecule has 0 spiro atoms. The Morgan fingerprint density at radius 2 is 1.62 bits per heavy atom. The fourth-order valence-electron chi connectivity index (χ4n) is 3.82. The van der Waals surface area contributed by atoms with Crippen molar-refractivity contribution < 1.29 is 44.3 Å². The average molecular weight is 618 g/mol. The Kier molecular flexibility index (Phi) is 9.22. The number of anilines is 1. The lowest BCUT2D eigenvalue weighted by Gasteiger charge is -2.29. The molecular formula is C23H22ClF6N3O4S2. The Bertz CT molecular complexity index is 1420.